The maximum atomic E-state index is 12.1. The van der Waals surface area contributed by atoms with Crippen LogP contribution in [0.5, 0.6) is 11.5 Å². The van der Waals surface area contributed by atoms with Gasteiger partial charge in [-0.3, -0.25) is 14.9 Å². The smallest absolute Gasteiger partial charge is 0.343 e. The van der Waals surface area contributed by atoms with Crippen LogP contribution in [0.2, 0.25) is 0 Å². The summed E-state index contributed by atoms with van der Waals surface area (Å²) in [5.41, 5.74) is 3.34. The second-order valence-electron chi connectivity index (χ2n) is 6.30. The second kappa shape index (κ2) is 10.8. The van der Waals surface area contributed by atoms with Gasteiger partial charge in [0.05, 0.1) is 16.7 Å². The summed E-state index contributed by atoms with van der Waals surface area (Å²) < 4.78 is 11.4. The summed E-state index contributed by atoms with van der Waals surface area (Å²) in [5.74, 6) is -0.280. The minimum Gasteiger partial charge on any atom is -0.484 e. The molecule has 0 saturated carbocycles. The lowest BCUT2D eigenvalue weighted by atomic mass is 10.2. The topological polar surface area (TPSA) is 120 Å². The first-order valence-electron chi connectivity index (χ1n) is 9.18. The Morgan fingerprint density at radius 2 is 1.59 bits per heavy atom. The van der Waals surface area contributed by atoms with Crippen LogP contribution in [0.15, 0.2) is 82.4 Å². The molecule has 0 aliphatic rings. The number of nitro benzene ring substituents is 1. The molecule has 0 bridgehead atoms. The fraction of sp³-hybridized carbons (Fsp3) is 0.0455. The van der Waals surface area contributed by atoms with E-state index in [4.69, 9.17) is 9.47 Å². The van der Waals surface area contributed by atoms with Crippen molar-refractivity contribution in [2.24, 2.45) is 5.10 Å². The maximum Gasteiger partial charge on any atom is 0.343 e. The van der Waals surface area contributed by atoms with Crippen molar-refractivity contribution in [3.05, 3.63) is 98.5 Å². The Morgan fingerprint density at radius 3 is 2.22 bits per heavy atom. The number of esters is 1. The van der Waals surface area contributed by atoms with Crippen molar-refractivity contribution in [3.63, 3.8) is 0 Å². The van der Waals surface area contributed by atoms with E-state index in [9.17, 15) is 19.7 Å². The van der Waals surface area contributed by atoms with E-state index in [2.05, 4.69) is 26.5 Å². The molecular formula is C22H16BrN3O6. The quantitative estimate of drug-likeness (QED) is 0.164. The Labute approximate surface area is 190 Å². The van der Waals surface area contributed by atoms with E-state index in [0.717, 1.165) is 4.47 Å². The number of nitrogens with zero attached hydrogens (tertiary/aromatic N) is 2. The van der Waals surface area contributed by atoms with Gasteiger partial charge in [0.15, 0.2) is 6.61 Å². The lowest BCUT2D eigenvalue weighted by molar-refractivity contribution is -0.384. The zero-order chi connectivity index (χ0) is 22.9. The van der Waals surface area contributed by atoms with Gasteiger partial charge in [-0.1, -0.05) is 15.9 Å². The number of nitro groups is 1. The van der Waals surface area contributed by atoms with Gasteiger partial charge >= 0.3 is 5.97 Å². The van der Waals surface area contributed by atoms with E-state index in [1.165, 1.54) is 30.5 Å². The van der Waals surface area contributed by atoms with E-state index in [1.54, 1.807) is 48.5 Å². The van der Waals surface area contributed by atoms with E-state index in [0.29, 0.717) is 22.6 Å². The zero-order valence-corrected chi connectivity index (χ0v) is 18.0. The van der Waals surface area contributed by atoms with Crippen molar-refractivity contribution in [1.29, 1.82) is 0 Å². The van der Waals surface area contributed by atoms with Gasteiger partial charge < -0.3 is 9.47 Å². The Hall–Kier alpha value is -4.05. The molecular weight excluding hydrogens is 482 g/mol. The van der Waals surface area contributed by atoms with Crippen molar-refractivity contribution in [2.45, 2.75) is 0 Å². The zero-order valence-electron chi connectivity index (χ0n) is 16.4. The fourth-order valence-corrected chi connectivity index (χ4v) is 2.66. The minimum absolute atomic E-state index is 0.0690. The highest BCUT2D eigenvalue weighted by atomic mass is 79.9. The van der Waals surface area contributed by atoms with Crippen LogP contribution in [-0.4, -0.2) is 29.6 Å². The average molecular weight is 498 g/mol. The summed E-state index contributed by atoms with van der Waals surface area (Å²) in [7, 11) is 0. The number of nitrogens with one attached hydrogen (secondary N) is 1. The molecule has 162 valence electrons. The highest BCUT2D eigenvalue weighted by Crippen LogP contribution is 2.17. The number of hydrazone groups is 1. The summed E-state index contributed by atoms with van der Waals surface area (Å²) in [5, 5.41) is 14.4. The third-order valence-electron chi connectivity index (χ3n) is 3.99. The normalized spacial score (nSPS) is 10.5. The molecule has 0 radical (unpaired) electrons. The Bertz CT molecular complexity index is 1130. The van der Waals surface area contributed by atoms with Crippen molar-refractivity contribution in [1.82, 2.24) is 5.43 Å². The first-order valence-corrected chi connectivity index (χ1v) is 9.97. The number of hydrogen-bond donors (Lipinski definition) is 1. The van der Waals surface area contributed by atoms with Gasteiger partial charge in [-0.15, -0.1) is 0 Å². The summed E-state index contributed by atoms with van der Waals surface area (Å²) in [6.45, 7) is -0.305. The standard InChI is InChI=1S/C22H16BrN3O6/c23-17-5-3-16(4-6-17)22(28)32-20-9-1-15(2-10-20)13-24-25-21(27)14-31-19-11-7-18(8-12-19)26(29)30/h1-13H,14H2,(H,25,27)/b24-13+. The monoisotopic (exact) mass is 497 g/mol. The Balaban J connectivity index is 1.44. The van der Waals surface area contributed by atoms with Gasteiger partial charge in [-0.05, 0) is 66.2 Å². The van der Waals surface area contributed by atoms with Crippen molar-refractivity contribution < 1.29 is 24.0 Å². The molecule has 0 aliphatic carbocycles. The molecule has 32 heavy (non-hydrogen) atoms. The molecule has 3 aromatic rings. The summed E-state index contributed by atoms with van der Waals surface area (Å²) >= 11 is 3.31. The van der Waals surface area contributed by atoms with E-state index >= 15 is 0 Å². The Morgan fingerprint density at radius 1 is 0.969 bits per heavy atom. The average Bonchev–Trinajstić information content (AvgIpc) is 2.79. The molecule has 0 atom stereocenters. The maximum absolute atomic E-state index is 12.1. The second-order valence-corrected chi connectivity index (χ2v) is 7.21. The molecule has 0 spiro atoms. The highest BCUT2D eigenvalue weighted by molar-refractivity contribution is 9.10. The van der Waals surface area contributed by atoms with Crippen LogP contribution in [0, 0.1) is 10.1 Å². The summed E-state index contributed by atoms with van der Waals surface area (Å²) in [4.78, 5) is 34.0. The number of hydrogen-bond acceptors (Lipinski definition) is 7. The molecule has 1 N–H and O–H groups in total. The van der Waals surface area contributed by atoms with Gasteiger partial charge in [0.1, 0.15) is 11.5 Å². The number of carbonyl (C=O) groups is 2. The third kappa shape index (κ3) is 6.74. The summed E-state index contributed by atoms with van der Waals surface area (Å²) in [6, 6.07) is 18.7. The largest absolute Gasteiger partial charge is 0.484 e. The van der Waals surface area contributed by atoms with Crippen LogP contribution >= 0.6 is 15.9 Å². The van der Waals surface area contributed by atoms with E-state index in [1.807, 2.05) is 0 Å². The van der Waals surface area contributed by atoms with Crippen LogP contribution in [0.3, 0.4) is 0 Å². The predicted molar refractivity (Wildman–Crippen MR) is 120 cm³/mol. The van der Waals surface area contributed by atoms with Crippen molar-refractivity contribution in [3.8, 4) is 11.5 Å². The number of non-ortho nitro benzene ring substituents is 1. The molecule has 0 aromatic heterocycles. The molecule has 0 fully saturated rings. The number of carbonyl (C=O) groups excluding carboxylic acids is 2. The number of benzene rings is 3. The predicted octanol–water partition coefficient (Wildman–Crippen LogP) is 4.11. The number of amides is 1. The number of rotatable bonds is 8. The first kappa shape index (κ1) is 22.6. The van der Waals surface area contributed by atoms with Crippen LogP contribution in [0.4, 0.5) is 5.69 Å². The lowest BCUT2D eigenvalue weighted by Gasteiger charge is -2.05. The highest BCUT2D eigenvalue weighted by Gasteiger charge is 2.08. The van der Waals surface area contributed by atoms with Gasteiger partial charge in [0, 0.05) is 16.6 Å². The molecule has 1 amide bonds. The van der Waals surface area contributed by atoms with Crippen molar-refractivity contribution in [2.75, 3.05) is 6.61 Å². The van der Waals surface area contributed by atoms with Crippen LogP contribution in [0.25, 0.3) is 0 Å². The minimum atomic E-state index is -0.524. The Kier molecular flexibility index (Phi) is 7.65. The van der Waals surface area contributed by atoms with Gasteiger partial charge in [-0.2, -0.15) is 5.10 Å². The van der Waals surface area contributed by atoms with Crippen molar-refractivity contribution >= 4 is 39.7 Å². The molecule has 0 heterocycles. The molecule has 0 unspecified atom stereocenters. The van der Waals surface area contributed by atoms with Gasteiger partial charge in [0.2, 0.25) is 0 Å². The van der Waals surface area contributed by atoms with Crippen LogP contribution < -0.4 is 14.9 Å². The molecule has 0 aliphatic heterocycles. The molecule has 3 rings (SSSR count). The third-order valence-corrected chi connectivity index (χ3v) is 4.52. The van der Waals surface area contributed by atoms with Gasteiger partial charge in [-0.25, -0.2) is 10.2 Å². The number of halogens is 1. The van der Waals surface area contributed by atoms with Gasteiger partial charge in [0.25, 0.3) is 11.6 Å². The molecule has 0 saturated heterocycles. The molecule has 3 aromatic carbocycles. The van der Waals surface area contributed by atoms with E-state index in [-0.39, 0.29) is 12.3 Å². The fourth-order valence-electron chi connectivity index (χ4n) is 2.40. The number of ether oxygens (including phenoxy) is 2. The van der Waals surface area contributed by atoms with Crippen LogP contribution in [0.1, 0.15) is 15.9 Å². The summed E-state index contributed by atoms with van der Waals surface area (Å²) in [6.07, 6.45) is 1.42. The lowest BCUT2D eigenvalue weighted by Crippen LogP contribution is -2.24. The van der Waals surface area contributed by atoms with E-state index < -0.39 is 16.8 Å². The first-order chi connectivity index (χ1) is 15.4. The molecule has 9 nitrogen and oxygen atoms in total. The van der Waals surface area contributed by atoms with Crippen LogP contribution in [-0.2, 0) is 4.79 Å². The SMILES string of the molecule is O=C(COc1ccc([N+](=O)[O-])cc1)N/N=C/c1ccc(OC(=O)c2ccc(Br)cc2)cc1. The molecule has 10 heteroatoms.